The Bertz CT molecular complexity index is 814. The molecule has 5 heteroatoms. The van der Waals surface area contributed by atoms with Crippen molar-refractivity contribution in [2.75, 3.05) is 20.2 Å². The summed E-state index contributed by atoms with van der Waals surface area (Å²) in [7, 11) is 1.71. The van der Waals surface area contributed by atoms with Gasteiger partial charge in [-0.3, -0.25) is 4.79 Å². The van der Waals surface area contributed by atoms with E-state index >= 15 is 0 Å². The molecule has 4 nitrogen and oxygen atoms in total. The number of aromatic nitrogens is 1. The predicted octanol–water partition coefficient (Wildman–Crippen LogP) is 3.46. The highest BCUT2D eigenvalue weighted by atomic mass is 19.1. The number of nitrogens with one attached hydrogen (secondary N) is 1. The molecule has 118 valence electrons. The Kier molecular flexibility index (Phi) is 4.28. The van der Waals surface area contributed by atoms with Gasteiger partial charge in [-0.15, -0.1) is 0 Å². The van der Waals surface area contributed by atoms with Gasteiger partial charge in [0, 0.05) is 18.0 Å². The number of carbonyl (C=O) groups excluding carboxylic acids is 1. The highest BCUT2D eigenvalue weighted by Gasteiger charge is 2.14. The van der Waals surface area contributed by atoms with E-state index in [0.29, 0.717) is 24.2 Å². The van der Waals surface area contributed by atoms with Gasteiger partial charge in [0.2, 0.25) is 0 Å². The number of hydrogen-bond acceptors (Lipinski definition) is 2. The van der Waals surface area contributed by atoms with E-state index < -0.39 is 0 Å². The Labute approximate surface area is 133 Å². The van der Waals surface area contributed by atoms with Crippen LogP contribution in [0.2, 0.25) is 0 Å². The summed E-state index contributed by atoms with van der Waals surface area (Å²) in [6.07, 6.45) is 0. The van der Waals surface area contributed by atoms with E-state index in [2.05, 4.69) is 4.98 Å². The average molecular weight is 312 g/mol. The summed E-state index contributed by atoms with van der Waals surface area (Å²) >= 11 is 0. The molecular formula is C18H17FN2O2. The van der Waals surface area contributed by atoms with Gasteiger partial charge >= 0.3 is 0 Å². The molecule has 0 saturated heterocycles. The Morgan fingerprint density at radius 3 is 2.74 bits per heavy atom. The molecular weight excluding hydrogens is 295 g/mol. The fourth-order valence-electron chi connectivity index (χ4n) is 2.34. The van der Waals surface area contributed by atoms with Crippen LogP contribution in [0.25, 0.3) is 10.9 Å². The maximum atomic E-state index is 13.2. The van der Waals surface area contributed by atoms with Crippen LogP contribution in [-0.2, 0) is 0 Å². The minimum Gasteiger partial charge on any atom is -0.492 e. The summed E-state index contributed by atoms with van der Waals surface area (Å²) < 4.78 is 18.8. The fraction of sp³-hybridized carbons (Fsp3) is 0.167. The van der Waals surface area contributed by atoms with Crippen molar-refractivity contribution in [2.24, 2.45) is 0 Å². The third-order valence-electron chi connectivity index (χ3n) is 3.60. The molecule has 2 aromatic carbocycles. The van der Waals surface area contributed by atoms with Crippen LogP contribution in [0.5, 0.6) is 5.75 Å². The molecule has 0 aliphatic rings. The summed E-state index contributed by atoms with van der Waals surface area (Å²) in [5.41, 5.74) is 1.18. The summed E-state index contributed by atoms with van der Waals surface area (Å²) in [5.74, 6) is 0.299. The summed E-state index contributed by atoms with van der Waals surface area (Å²) in [6.45, 7) is 0.860. The minimum atomic E-state index is -0.319. The van der Waals surface area contributed by atoms with Crippen molar-refractivity contribution in [2.45, 2.75) is 0 Å². The molecule has 0 aliphatic carbocycles. The largest absolute Gasteiger partial charge is 0.492 e. The lowest BCUT2D eigenvalue weighted by atomic mass is 10.2. The molecule has 0 unspecified atom stereocenters. The van der Waals surface area contributed by atoms with E-state index in [1.54, 1.807) is 24.1 Å². The second-order valence-electron chi connectivity index (χ2n) is 5.30. The van der Waals surface area contributed by atoms with Gasteiger partial charge in [-0.1, -0.05) is 18.2 Å². The van der Waals surface area contributed by atoms with E-state index in [1.807, 2.05) is 30.3 Å². The molecule has 0 fully saturated rings. The third kappa shape index (κ3) is 3.51. The second-order valence-corrected chi connectivity index (χ2v) is 5.30. The van der Waals surface area contributed by atoms with Gasteiger partial charge in [0.15, 0.2) is 0 Å². The van der Waals surface area contributed by atoms with Gasteiger partial charge in [0.25, 0.3) is 5.91 Å². The van der Waals surface area contributed by atoms with Gasteiger partial charge in [-0.2, -0.15) is 0 Å². The number of benzene rings is 2. The molecule has 3 aromatic rings. The van der Waals surface area contributed by atoms with E-state index in [9.17, 15) is 9.18 Å². The number of rotatable bonds is 5. The normalized spacial score (nSPS) is 10.7. The minimum absolute atomic E-state index is 0.154. The lowest BCUT2D eigenvalue weighted by Gasteiger charge is -2.16. The number of halogens is 1. The van der Waals surface area contributed by atoms with Crippen LogP contribution >= 0.6 is 0 Å². The first-order valence-corrected chi connectivity index (χ1v) is 7.35. The summed E-state index contributed by atoms with van der Waals surface area (Å²) in [5, 5.41) is 0.683. The van der Waals surface area contributed by atoms with Crippen molar-refractivity contribution in [3.8, 4) is 5.75 Å². The van der Waals surface area contributed by atoms with Crippen LogP contribution < -0.4 is 4.74 Å². The number of carbonyl (C=O) groups is 1. The van der Waals surface area contributed by atoms with Crippen LogP contribution in [0.15, 0.2) is 54.6 Å². The Morgan fingerprint density at radius 2 is 1.96 bits per heavy atom. The Balaban J connectivity index is 1.62. The number of likely N-dealkylation sites (N-methyl/N-ethyl adjacent to an activating group) is 1. The molecule has 0 aliphatic heterocycles. The van der Waals surface area contributed by atoms with Gasteiger partial charge in [0.1, 0.15) is 23.9 Å². The molecule has 0 spiro atoms. The van der Waals surface area contributed by atoms with Crippen LogP contribution in [0.1, 0.15) is 10.5 Å². The molecule has 1 heterocycles. The number of H-pyrrole nitrogens is 1. The second kappa shape index (κ2) is 6.52. The lowest BCUT2D eigenvalue weighted by molar-refractivity contribution is 0.0769. The Morgan fingerprint density at radius 1 is 1.17 bits per heavy atom. The lowest BCUT2D eigenvalue weighted by Crippen LogP contribution is -2.31. The molecule has 0 radical (unpaired) electrons. The first-order valence-electron chi connectivity index (χ1n) is 7.35. The standard InChI is InChI=1S/C18H17FN2O2/c1-21(9-10-23-15-5-3-2-4-6-15)18(22)17-12-13-11-14(19)7-8-16(13)20-17/h2-8,11-12,20H,9-10H2,1H3. The molecule has 1 aromatic heterocycles. The van der Waals surface area contributed by atoms with Crippen molar-refractivity contribution in [1.29, 1.82) is 0 Å². The zero-order chi connectivity index (χ0) is 16.2. The van der Waals surface area contributed by atoms with E-state index in [1.165, 1.54) is 12.1 Å². The van der Waals surface area contributed by atoms with E-state index in [-0.39, 0.29) is 11.7 Å². The first-order chi connectivity index (χ1) is 11.1. The number of fused-ring (bicyclic) bond motifs is 1. The van der Waals surface area contributed by atoms with Crippen molar-refractivity contribution in [3.63, 3.8) is 0 Å². The number of hydrogen-bond donors (Lipinski definition) is 1. The van der Waals surface area contributed by atoms with Gasteiger partial charge in [-0.05, 0) is 36.4 Å². The zero-order valence-electron chi connectivity index (χ0n) is 12.8. The van der Waals surface area contributed by atoms with Crippen molar-refractivity contribution in [1.82, 2.24) is 9.88 Å². The molecule has 0 bridgehead atoms. The number of ether oxygens (including phenoxy) is 1. The molecule has 0 atom stereocenters. The molecule has 1 amide bonds. The predicted molar refractivity (Wildman–Crippen MR) is 87.2 cm³/mol. The van der Waals surface area contributed by atoms with E-state index in [4.69, 9.17) is 4.74 Å². The van der Waals surface area contributed by atoms with Gasteiger partial charge in [0.05, 0.1) is 6.54 Å². The van der Waals surface area contributed by atoms with E-state index in [0.717, 1.165) is 11.3 Å². The van der Waals surface area contributed by atoms with Crippen molar-refractivity contribution >= 4 is 16.8 Å². The summed E-state index contributed by atoms with van der Waals surface area (Å²) in [6, 6.07) is 15.5. The van der Waals surface area contributed by atoms with Crippen LogP contribution in [0.3, 0.4) is 0 Å². The number of amides is 1. The Hall–Kier alpha value is -2.82. The molecule has 0 saturated carbocycles. The number of aromatic amines is 1. The van der Waals surface area contributed by atoms with Crippen LogP contribution in [-0.4, -0.2) is 36.0 Å². The average Bonchev–Trinajstić information content (AvgIpc) is 2.98. The van der Waals surface area contributed by atoms with Crippen molar-refractivity contribution in [3.05, 3.63) is 66.1 Å². The summed E-state index contributed by atoms with van der Waals surface area (Å²) in [4.78, 5) is 17.0. The topological polar surface area (TPSA) is 45.3 Å². The van der Waals surface area contributed by atoms with Crippen LogP contribution in [0.4, 0.5) is 4.39 Å². The van der Waals surface area contributed by atoms with Gasteiger partial charge in [-0.25, -0.2) is 4.39 Å². The fourth-order valence-corrected chi connectivity index (χ4v) is 2.34. The quantitative estimate of drug-likeness (QED) is 0.784. The molecule has 1 N–H and O–H groups in total. The maximum absolute atomic E-state index is 13.2. The first kappa shape index (κ1) is 15.1. The highest BCUT2D eigenvalue weighted by Crippen LogP contribution is 2.17. The van der Waals surface area contributed by atoms with Crippen LogP contribution in [0, 0.1) is 5.82 Å². The molecule has 23 heavy (non-hydrogen) atoms. The third-order valence-corrected chi connectivity index (χ3v) is 3.60. The SMILES string of the molecule is CN(CCOc1ccccc1)C(=O)c1cc2cc(F)ccc2[nH]1. The maximum Gasteiger partial charge on any atom is 0.270 e. The highest BCUT2D eigenvalue weighted by molar-refractivity contribution is 5.97. The van der Waals surface area contributed by atoms with Gasteiger partial charge < -0.3 is 14.6 Å². The van der Waals surface area contributed by atoms with Crippen molar-refractivity contribution < 1.29 is 13.9 Å². The zero-order valence-corrected chi connectivity index (χ0v) is 12.8. The number of nitrogens with zero attached hydrogens (tertiary/aromatic N) is 1. The molecule has 3 rings (SSSR count). The smallest absolute Gasteiger partial charge is 0.270 e. The number of para-hydroxylation sites is 1. The monoisotopic (exact) mass is 312 g/mol.